The Balaban J connectivity index is 1.61. The lowest BCUT2D eigenvalue weighted by Gasteiger charge is -2.08. The van der Waals surface area contributed by atoms with Crippen LogP contribution in [-0.2, 0) is 11.3 Å². The summed E-state index contributed by atoms with van der Waals surface area (Å²) in [4.78, 5) is 38.6. The van der Waals surface area contributed by atoms with Crippen LogP contribution in [0, 0.1) is 10.1 Å². The maximum atomic E-state index is 12.2. The summed E-state index contributed by atoms with van der Waals surface area (Å²) in [7, 11) is 0. The molecule has 1 aromatic heterocycles. The largest absolute Gasteiger partial charge is 0.454 e. The van der Waals surface area contributed by atoms with Gasteiger partial charge in [0.2, 0.25) is 12.7 Å². The number of nitrogens with zero attached hydrogens (tertiary/aromatic N) is 2. The van der Waals surface area contributed by atoms with E-state index in [4.69, 9.17) is 9.47 Å². The van der Waals surface area contributed by atoms with E-state index in [0.29, 0.717) is 5.69 Å². The third kappa shape index (κ3) is 3.86. The van der Waals surface area contributed by atoms with E-state index in [1.807, 2.05) is 0 Å². The third-order valence-electron chi connectivity index (χ3n) is 3.53. The number of hydrogen-bond acceptors (Lipinski definition) is 7. The van der Waals surface area contributed by atoms with E-state index in [-0.39, 0.29) is 36.9 Å². The second kappa shape index (κ2) is 7.47. The topological polar surface area (TPSA) is 133 Å². The second-order valence-electron chi connectivity index (χ2n) is 5.26. The lowest BCUT2D eigenvalue weighted by Crippen LogP contribution is -2.36. The van der Waals surface area contributed by atoms with Gasteiger partial charge in [0, 0.05) is 12.3 Å². The minimum absolute atomic E-state index is 0.0759. The van der Waals surface area contributed by atoms with Crippen molar-refractivity contribution < 1.29 is 24.0 Å². The molecule has 2 amide bonds. The maximum absolute atomic E-state index is 12.2. The van der Waals surface area contributed by atoms with Crippen molar-refractivity contribution in [2.24, 2.45) is 0 Å². The number of rotatable bonds is 6. The lowest BCUT2D eigenvalue weighted by atomic mass is 10.1. The van der Waals surface area contributed by atoms with Crippen LogP contribution in [0.4, 0.5) is 5.69 Å². The molecule has 2 heterocycles. The van der Waals surface area contributed by atoms with Crippen LogP contribution in [-0.4, -0.2) is 35.1 Å². The van der Waals surface area contributed by atoms with Gasteiger partial charge in [0.25, 0.3) is 11.6 Å². The van der Waals surface area contributed by atoms with Crippen LogP contribution in [0.1, 0.15) is 16.1 Å². The Morgan fingerprint density at radius 2 is 1.96 bits per heavy atom. The van der Waals surface area contributed by atoms with E-state index in [1.165, 1.54) is 6.07 Å². The molecule has 1 aliphatic rings. The van der Waals surface area contributed by atoms with Crippen molar-refractivity contribution >= 4 is 17.5 Å². The fourth-order valence-corrected chi connectivity index (χ4v) is 2.27. The fraction of sp³-hybridized carbons (Fsp3) is 0.188. The summed E-state index contributed by atoms with van der Waals surface area (Å²) in [6.07, 6.45) is 1.60. The number of nitro groups is 1. The van der Waals surface area contributed by atoms with Crippen LogP contribution >= 0.6 is 0 Å². The van der Waals surface area contributed by atoms with Crippen LogP contribution in [0.2, 0.25) is 0 Å². The number of carbonyl (C=O) groups excluding carboxylic acids is 2. The van der Waals surface area contributed by atoms with E-state index in [1.54, 1.807) is 24.4 Å². The summed E-state index contributed by atoms with van der Waals surface area (Å²) in [6, 6.07) is 7.63. The van der Waals surface area contributed by atoms with Gasteiger partial charge < -0.3 is 20.1 Å². The van der Waals surface area contributed by atoms with E-state index < -0.39 is 22.4 Å². The summed E-state index contributed by atoms with van der Waals surface area (Å²) < 4.78 is 10.2. The monoisotopic (exact) mass is 358 g/mol. The summed E-state index contributed by atoms with van der Waals surface area (Å²) in [6.45, 7) is -0.204. The number of nitrogens with one attached hydrogen (secondary N) is 2. The fourth-order valence-electron chi connectivity index (χ4n) is 2.27. The Morgan fingerprint density at radius 1 is 1.19 bits per heavy atom. The lowest BCUT2D eigenvalue weighted by molar-refractivity contribution is -0.385. The molecule has 2 N–H and O–H groups in total. The van der Waals surface area contributed by atoms with E-state index in [9.17, 15) is 19.7 Å². The van der Waals surface area contributed by atoms with Crippen LogP contribution in [0.3, 0.4) is 0 Å². The number of carbonyl (C=O) groups is 2. The summed E-state index contributed by atoms with van der Waals surface area (Å²) >= 11 is 0. The normalized spacial score (nSPS) is 11.7. The number of aromatic nitrogens is 1. The highest BCUT2D eigenvalue weighted by atomic mass is 16.7. The predicted octanol–water partition coefficient (Wildman–Crippen LogP) is 0.765. The minimum atomic E-state index is -0.761. The molecule has 1 aromatic carbocycles. The van der Waals surface area contributed by atoms with Crippen LogP contribution in [0.25, 0.3) is 0 Å². The smallest absolute Gasteiger partial charge is 0.286 e. The summed E-state index contributed by atoms with van der Waals surface area (Å²) in [5, 5.41) is 16.1. The van der Waals surface area contributed by atoms with Crippen molar-refractivity contribution in [3.63, 3.8) is 0 Å². The molecule has 1 aliphatic heterocycles. The number of nitro benzene ring substituents is 1. The van der Waals surface area contributed by atoms with E-state index in [0.717, 1.165) is 6.07 Å². The first-order chi connectivity index (χ1) is 12.5. The Kier molecular flexibility index (Phi) is 4.92. The van der Waals surface area contributed by atoms with Gasteiger partial charge in [-0.1, -0.05) is 6.07 Å². The van der Waals surface area contributed by atoms with Crippen molar-refractivity contribution in [3.05, 3.63) is 57.9 Å². The standard InChI is InChI=1S/C16H14N4O6/c21-15(18-7-10-3-1-2-4-17-10)8-19-16(22)11-5-13-14(26-9-25-13)6-12(11)20(23)24/h1-6H,7-9H2,(H,18,21)(H,19,22). The highest BCUT2D eigenvalue weighted by Gasteiger charge is 2.27. The van der Waals surface area contributed by atoms with Gasteiger partial charge in [0.1, 0.15) is 5.56 Å². The SMILES string of the molecule is O=C(CNC(=O)c1cc2c(cc1[N+](=O)[O-])OCO2)NCc1ccccn1. The van der Waals surface area contributed by atoms with Crippen molar-refractivity contribution in [2.45, 2.75) is 6.54 Å². The Bertz CT molecular complexity index is 855. The number of hydrogen-bond donors (Lipinski definition) is 2. The van der Waals surface area contributed by atoms with Crippen molar-refractivity contribution in [3.8, 4) is 11.5 Å². The zero-order chi connectivity index (χ0) is 18.5. The summed E-state index contributed by atoms with van der Waals surface area (Å²) in [5.41, 5.74) is 0.0241. The van der Waals surface area contributed by atoms with Gasteiger partial charge in [0.05, 0.1) is 29.8 Å². The first-order valence-electron chi connectivity index (χ1n) is 7.57. The van der Waals surface area contributed by atoms with Gasteiger partial charge in [-0.25, -0.2) is 0 Å². The van der Waals surface area contributed by atoms with Crippen molar-refractivity contribution in [2.75, 3.05) is 13.3 Å². The van der Waals surface area contributed by atoms with E-state index >= 15 is 0 Å². The Hall–Kier alpha value is -3.69. The van der Waals surface area contributed by atoms with Crippen LogP contribution < -0.4 is 20.1 Å². The molecule has 0 spiro atoms. The van der Waals surface area contributed by atoms with Gasteiger partial charge >= 0.3 is 0 Å². The molecule has 0 radical (unpaired) electrons. The van der Waals surface area contributed by atoms with Gasteiger partial charge in [0.15, 0.2) is 11.5 Å². The van der Waals surface area contributed by atoms with Gasteiger partial charge in [-0.05, 0) is 12.1 Å². The summed E-state index contributed by atoms with van der Waals surface area (Å²) in [5.74, 6) is -0.780. The molecule has 0 bridgehead atoms. The molecule has 0 saturated heterocycles. The molecule has 3 rings (SSSR count). The molecule has 0 unspecified atom stereocenters. The van der Waals surface area contributed by atoms with Gasteiger partial charge in [-0.15, -0.1) is 0 Å². The Morgan fingerprint density at radius 3 is 2.65 bits per heavy atom. The molecule has 0 aliphatic carbocycles. The molecule has 2 aromatic rings. The highest BCUT2D eigenvalue weighted by molar-refractivity contribution is 6.00. The molecule has 26 heavy (non-hydrogen) atoms. The van der Waals surface area contributed by atoms with Crippen molar-refractivity contribution in [1.82, 2.24) is 15.6 Å². The third-order valence-corrected chi connectivity index (χ3v) is 3.53. The number of benzene rings is 1. The van der Waals surface area contributed by atoms with Crippen LogP contribution in [0.15, 0.2) is 36.5 Å². The van der Waals surface area contributed by atoms with Crippen LogP contribution in [0.5, 0.6) is 11.5 Å². The molecule has 10 heteroatoms. The number of fused-ring (bicyclic) bond motifs is 1. The minimum Gasteiger partial charge on any atom is -0.454 e. The average Bonchev–Trinajstić information content (AvgIpc) is 3.11. The molecular weight excluding hydrogens is 344 g/mol. The maximum Gasteiger partial charge on any atom is 0.286 e. The molecule has 0 fully saturated rings. The zero-order valence-electron chi connectivity index (χ0n) is 13.4. The first kappa shape index (κ1) is 17.1. The average molecular weight is 358 g/mol. The first-order valence-corrected chi connectivity index (χ1v) is 7.57. The highest BCUT2D eigenvalue weighted by Crippen LogP contribution is 2.37. The quantitative estimate of drug-likeness (QED) is 0.575. The number of pyridine rings is 1. The molecule has 10 nitrogen and oxygen atoms in total. The molecule has 0 atom stereocenters. The number of amides is 2. The van der Waals surface area contributed by atoms with Crippen molar-refractivity contribution in [1.29, 1.82) is 0 Å². The number of ether oxygens (including phenoxy) is 2. The molecule has 0 saturated carbocycles. The molecular formula is C16H14N4O6. The van der Waals surface area contributed by atoms with Gasteiger partial charge in [-0.3, -0.25) is 24.7 Å². The second-order valence-corrected chi connectivity index (χ2v) is 5.26. The Labute approximate surface area is 147 Å². The van der Waals surface area contributed by atoms with E-state index in [2.05, 4.69) is 15.6 Å². The van der Waals surface area contributed by atoms with Gasteiger partial charge in [-0.2, -0.15) is 0 Å². The zero-order valence-corrected chi connectivity index (χ0v) is 13.4. The predicted molar refractivity (Wildman–Crippen MR) is 87.6 cm³/mol. The molecule has 134 valence electrons.